The molecule has 0 saturated heterocycles. The number of nitrogens with one attached hydrogen (secondary N) is 1. The number of rotatable bonds is 5. The first kappa shape index (κ1) is 16.8. The van der Waals surface area contributed by atoms with Crippen molar-refractivity contribution in [2.45, 2.75) is 25.9 Å². The van der Waals surface area contributed by atoms with Gasteiger partial charge >= 0.3 is 0 Å². The highest BCUT2D eigenvalue weighted by Gasteiger charge is 2.20. The Bertz CT molecular complexity index is 626. The van der Waals surface area contributed by atoms with Gasteiger partial charge in [-0.1, -0.05) is 35.3 Å². The third kappa shape index (κ3) is 4.73. The van der Waals surface area contributed by atoms with Crippen molar-refractivity contribution < 1.29 is 10.1 Å². The maximum Gasteiger partial charge on any atom is 0.282 e. The number of anilines is 1. The Labute approximate surface area is 140 Å². The predicted octanol–water partition coefficient (Wildman–Crippen LogP) is 3.65. The second-order valence-electron chi connectivity index (χ2n) is 5.32. The number of hydrogen-bond donors (Lipinski definition) is 2. The van der Waals surface area contributed by atoms with Crippen molar-refractivity contribution in [3.63, 3.8) is 0 Å². The van der Waals surface area contributed by atoms with Crippen molar-refractivity contribution in [3.05, 3.63) is 64.1 Å². The van der Waals surface area contributed by atoms with Crippen LogP contribution in [0, 0.1) is 0 Å². The molecule has 0 aliphatic rings. The van der Waals surface area contributed by atoms with Crippen molar-refractivity contribution in [1.29, 1.82) is 0 Å². The molecule has 0 bridgehead atoms. The van der Waals surface area contributed by atoms with Crippen molar-refractivity contribution in [2.24, 2.45) is 0 Å². The summed E-state index contributed by atoms with van der Waals surface area (Å²) in [4.78, 5) is 12.2. The van der Waals surface area contributed by atoms with Crippen molar-refractivity contribution >= 4 is 34.8 Å². The molecule has 0 saturated carbocycles. The second kappa shape index (κ2) is 7.63. The van der Waals surface area contributed by atoms with Crippen LogP contribution in [0.15, 0.2) is 48.5 Å². The van der Waals surface area contributed by atoms with Gasteiger partial charge in [0.15, 0.2) is 6.04 Å². The summed E-state index contributed by atoms with van der Waals surface area (Å²) in [5.74, 6) is -0.0388. The van der Waals surface area contributed by atoms with E-state index in [1.165, 1.54) is 0 Å². The van der Waals surface area contributed by atoms with E-state index in [0.29, 0.717) is 10.0 Å². The topological polar surface area (TPSA) is 45.7 Å². The Morgan fingerprint density at radius 2 is 1.45 bits per heavy atom. The Hall–Kier alpha value is -1.55. The molecule has 2 atom stereocenters. The summed E-state index contributed by atoms with van der Waals surface area (Å²) in [5, 5.41) is 6.27. The molecule has 2 aromatic carbocycles. The Balaban J connectivity index is 1.93. The largest absolute Gasteiger partial charge is 0.330 e. The average Bonchev–Trinajstić information content (AvgIpc) is 2.50. The SMILES string of the molecule is C[C@H]([NH2+][C@@H](C)c1ccc(Cl)cc1)C(=O)Nc1ccc(Cl)cc1. The summed E-state index contributed by atoms with van der Waals surface area (Å²) < 4.78 is 0. The van der Waals surface area contributed by atoms with Crippen LogP contribution >= 0.6 is 23.2 Å². The van der Waals surface area contributed by atoms with E-state index in [4.69, 9.17) is 23.2 Å². The molecule has 0 aromatic heterocycles. The minimum absolute atomic E-state index is 0.0388. The number of benzene rings is 2. The standard InChI is InChI=1S/C17H18Cl2N2O/c1-11(13-3-5-14(18)6-4-13)20-12(2)17(22)21-16-9-7-15(19)8-10-16/h3-12,20H,1-2H3,(H,21,22)/p+1/t11-,12-/m0/s1. The van der Waals surface area contributed by atoms with Gasteiger partial charge in [0.2, 0.25) is 0 Å². The first-order valence-electron chi connectivity index (χ1n) is 7.12. The number of halogens is 2. The van der Waals surface area contributed by atoms with Gasteiger partial charge in [0.25, 0.3) is 5.91 Å². The fourth-order valence-electron chi connectivity index (χ4n) is 2.19. The predicted molar refractivity (Wildman–Crippen MR) is 91.3 cm³/mol. The van der Waals surface area contributed by atoms with Gasteiger partial charge in [0.1, 0.15) is 6.04 Å². The third-order valence-electron chi connectivity index (χ3n) is 3.50. The molecule has 0 aliphatic carbocycles. The van der Waals surface area contributed by atoms with Crippen LogP contribution in [-0.4, -0.2) is 11.9 Å². The molecule has 0 heterocycles. The van der Waals surface area contributed by atoms with Gasteiger partial charge < -0.3 is 10.6 Å². The molecule has 0 aliphatic heterocycles. The van der Waals surface area contributed by atoms with E-state index in [1.807, 2.05) is 36.5 Å². The van der Waals surface area contributed by atoms with Crippen LogP contribution in [0.1, 0.15) is 25.5 Å². The van der Waals surface area contributed by atoms with Crippen LogP contribution in [0.3, 0.4) is 0 Å². The molecule has 0 spiro atoms. The Kier molecular flexibility index (Phi) is 5.83. The monoisotopic (exact) mass is 337 g/mol. The number of hydrogen-bond acceptors (Lipinski definition) is 1. The summed E-state index contributed by atoms with van der Waals surface area (Å²) in [6.45, 7) is 3.95. The molecule has 0 unspecified atom stereocenters. The first-order chi connectivity index (χ1) is 10.5. The minimum Gasteiger partial charge on any atom is -0.330 e. The van der Waals surface area contributed by atoms with E-state index < -0.39 is 0 Å². The van der Waals surface area contributed by atoms with Crippen molar-refractivity contribution in [2.75, 3.05) is 5.32 Å². The number of nitrogens with two attached hydrogens (primary N) is 1. The fraction of sp³-hybridized carbons (Fsp3) is 0.235. The molecule has 2 aromatic rings. The Morgan fingerprint density at radius 1 is 0.955 bits per heavy atom. The lowest BCUT2D eigenvalue weighted by Crippen LogP contribution is -2.91. The highest BCUT2D eigenvalue weighted by molar-refractivity contribution is 6.30. The van der Waals surface area contributed by atoms with Gasteiger partial charge in [-0.25, -0.2) is 0 Å². The van der Waals surface area contributed by atoms with Crippen LogP contribution in [0.5, 0.6) is 0 Å². The summed E-state index contributed by atoms with van der Waals surface area (Å²) in [7, 11) is 0. The summed E-state index contributed by atoms with van der Waals surface area (Å²) >= 11 is 11.7. The van der Waals surface area contributed by atoms with Crippen molar-refractivity contribution in [1.82, 2.24) is 0 Å². The van der Waals surface area contributed by atoms with Crippen LogP contribution in [0.4, 0.5) is 5.69 Å². The van der Waals surface area contributed by atoms with Gasteiger partial charge in [0, 0.05) is 21.3 Å². The maximum atomic E-state index is 12.2. The summed E-state index contributed by atoms with van der Waals surface area (Å²) in [5.41, 5.74) is 1.88. The lowest BCUT2D eigenvalue weighted by atomic mass is 10.1. The first-order valence-corrected chi connectivity index (χ1v) is 7.88. The molecular weight excluding hydrogens is 319 g/mol. The zero-order valence-electron chi connectivity index (χ0n) is 12.5. The molecule has 22 heavy (non-hydrogen) atoms. The normalized spacial score (nSPS) is 13.5. The number of quaternary nitrogens is 1. The van der Waals surface area contributed by atoms with E-state index >= 15 is 0 Å². The molecule has 2 rings (SSSR count). The van der Waals surface area contributed by atoms with E-state index in [1.54, 1.807) is 24.3 Å². The van der Waals surface area contributed by atoms with Crippen LogP contribution in [-0.2, 0) is 4.79 Å². The van der Waals surface area contributed by atoms with E-state index in [2.05, 4.69) is 12.2 Å². The van der Waals surface area contributed by atoms with Gasteiger partial charge in [0.05, 0.1) is 0 Å². The molecule has 5 heteroatoms. The number of carbonyl (C=O) groups excluding carboxylic acids is 1. The second-order valence-corrected chi connectivity index (χ2v) is 6.19. The van der Waals surface area contributed by atoms with E-state index in [0.717, 1.165) is 11.3 Å². The van der Waals surface area contributed by atoms with Gasteiger partial charge in [-0.3, -0.25) is 4.79 Å². The molecule has 1 amide bonds. The molecule has 0 fully saturated rings. The average molecular weight is 338 g/mol. The minimum atomic E-state index is -0.207. The van der Waals surface area contributed by atoms with Gasteiger partial charge in [-0.05, 0) is 50.2 Å². The fourth-order valence-corrected chi connectivity index (χ4v) is 2.44. The van der Waals surface area contributed by atoms with Crippen LogP contribution in [0.25, 0.3) is 0 Å². The van der Waals surface area contributed by atoms with Crippen LogP contribution < -0.4 is 10.6 Å². The molecule has 116 valence electrons. The number of carbonyl (C=O) groups is 1. The molecule has 0 radical (unpaired) electrons. The van der Waals surface area contributed by atoms with Crippen molar-refractivity contribution in [3.8, 4) is 0 Å². The molecule has 3 N–H and O–H groups in total. The van der Waals surface area contributed by atoms with Gasteiger partial charge in [-0.15, -0.1) is 0 Å². The van der Waals surface area contributed by atoms with Crippen LogP contribution in [0.2, 0.25) is 10.0 Å². The third-order valence-corrected chi connectivity index (χ3v) is 4.00. The molecular formula is C17H19Cl2N2O+. The lowest BCUT2D eigenvalue weighted by molar-refractivity contribution is -0.709. The Morgan fingerprint density at radius 3 is 2.00 bits per heavy atom. The van der Waals surface area contributed by atoms with E-state index in [-0.39, 0.29) is 18.0 Å². The zero-order chi connectivity index (χ0) is 16.1. The highest BCUT2D eigenvalue weighted by Crippen LogP contribution is 2.15. The smallest absolute Gasteiger partial charge is 0.282 e. The quantitative estimate of drug-likeness (QED) is 0.859. The lowest BCUT2D eigenvalue weighted by Gasteiger charge is -2.17. The maximum absolute atomic E-state index is 12.2. The van der Waals surface area contributed by atoms with Gasteiger partial charge in [-0.2, -0.15) is 0 Å². The summed E-state index contributed by atoms with van der Waals surface area (Å²) in [6.07, 6.45) is 0. The summed E-state index contributed by atoms with van der Waals surface area (Å²) in [6, 6.07) is 14.7. The number of amides is 1. The molecule has 3 nitrogen and oxygen atoms in total. The zero-order valence-corrected chi connectivity index (χ0v) is 14.0. The van der Waals surface area contributed by atoms with E-state index in [9.17, 15) is 4.79 Å². The highest BCUT2D eigenvalue weighted by atomic mass is 35.5.